The molecule has 3 nitrogen and oxygen atoms in total. The molecule has 2 aromatic heterocycles. The zero-order valence-corrected chi connectivity index (χ0v) is 13.2. The zero-order valence-electron chi connectivity index (χ0n) is 9.50. The molecule has 0 bridgehead atoms. The summed E-state index contributed by atoms with van der Waals surface area (Å²) in [6.45, 7) is 4.09. The Morgan fingerprint density at radius 1 is 1.35 bits per heavy atom. The van der Waals surface area contributed by atoms with Crippen molar-refractivity contribution < 1.29 is 0 Å². The molecule has 0 spiro atoms. The van der Waals surface area contributed by atoms with Crippen LogP contribution in [0.15, 0.2) is 5.38 Å². The number of nitrogens with zero attached hydrogens (tertiary/aromatic N) is 3. The van der Waals surface area contributed by atoms with Crippen molar-refractivity contribution in [2.24, 2.45) is 0 Å². The zero-order chi connectivity index (χ0) is 12.4. The van der Waals surface area contributed by atoms with Crippen molar-refractivity contribution in [1.29, 1.82) is 0 Å². The molecule has 0 fully saturated rings. The lowest BCUT2D eigenvalue weighted by atomic mass is 10.2. The fraction of sp³-hybridized carbons (Fsp3) is 0.364. The molecule has 0 radical (unpaired) electrons. The predicted molar refractivity (Wildman–Crippen MR) is 79.6 cm³/mol. The number of hydrogen-bond donors (Lipinski definition) is 0. The van der Waals surface area contributed by atoms with E-state index in [4.69, 9.17) is 11.6 Å². The molecule has 6 heteroatoms. The van der Waals surface area contributed by atoms with Gasteiger partial charge < -0.3 is 0 Å². The third kappa shape index (κ3) is 2.95. The highest BCUT2D eigenvalue weighted by Crippen LogP contribution is 2.25. The van der Waals surface area contributed by atoms with E-state index in [-0.39, 0.29) is 0 Å². The lowest BCUT2D eigenvalue weighted by Crippen LogP contribution is -2.00. The predicted octanol–water partition coefficient (Wildman–Crippen LogP) is 4.12. The summed E-state index contributed by atoms with van der Waals surface area (Å²) < 4.78 is 0.946. The van der Waals surface area contributed by atoms with Crippen LogP contribution in [0.25, 0.3) is 11.5 Å². The van der Waals surface area contributed by atoms with Gasteiger partial charge in [-0.05, 0) is 35.9 Å². The van der Waals surface area contributed by atoms with Crippen molar-refractivity contribution in [3.63, 3.8) is 0 Å². The topological polar surface area (TPSA) is 38.7 Å². The largest absolute Gasteiger partial charge is 0.238 e. The molecule has 0 atom stereocenters. The maximum absolute atomic E-state index is 6.13. The quantitative estimate of drug-likeness (QED) is 0.595. The molecule has 0 aromatic carbocycles. The number of hydrogen-bond acceptors (Lipinski definition) is 4. The molecule has 0 aliphatic rings. The van der Waals surface area contributed by atoms with Crippen LogP contribution in [-0.2, 0) is 6.42 Å². The summed E-state index contributed by atoms with van der Waals surface area (Å²) in [5.74, 6) is 0.628. The van der Waals surface area contributed by atoms with Crippen LogP contribution < -0.4 is 0 Å². The smallest absolute Gasteiger partial charge is 0.180 e. The Labute approximate surface area is 123 Å². The van der Waals surface area contributed by atoms with E-state index in [2.05, 4.69) is 44.5 Å². The third-order valence-electron chi connectivity index (χ3n) is 2.21. The van der Waals surface area contributed by atoms with Crippen LogP contribution in [0.1, 0.15) is 24.0 Å². The van der Waals surface area contributed by atoms with E-state index in [1.165, 1.54) is 0 Å². The SMILES string of the molecule is CCCc1nc(-c2csc(C)n2)nc(Cl)c1I. The Hall–Kier alpha value is -0.270. The molecule has 0 saturated heterocycles. The number of aryl methyl sites for hydroxylation is 2. The Bertz CT molecular complexity index is 542. The van der Waals surface area contributed by atoms with Gasteiger partial charge in [-0.2, -0.15) is 0 Å². The molecular formula is C11H11ClIN3S. The first kappa shape index (κ1) is 13.2. The third-order valence-corrected chi connectivity index (χ3v) is 4.71. The van der Waals surface area contributed by atoms with E-state index in [0.29, 0.717) is 11.0 Å². The first-order valence-corrected chi connectivity index (χ1v) is 7.60. The monoisotopic (exact) mass is 379 g/mol. The Balaban J connectivity index is 2.48. The van der Waals surface area contributed by atoms with Crippen LogP contribution in [0.3, 0.4) is 0 Å². The summed E-state index contributed by atoms with van der Waals surface area (Å²) in [5, 5.41) is 3.49. The minimum Gasteiger partial charge on any atom is -0.238 e. The highest BCUT2D eigenvalue weighted by atomic mass is 127. The summed E-state index contributed by atoms with van der Waals surface area (Å²) >= 11 is 9.92. The van der Waals surface area contributed by atoms with Crippen LogP contribution in [0, 0.1) is 10.5 Å². The van der Waals surface area contributed by atoms with Crippen molar-refractivity contribution in [3.8, 4) is 11.5 Å². The van der Waals surface area contributed by atoms with Gasteiger partial charge in [0.15, 0.2) is 5.82 Å². The van der Waals surface area contributed by atoms with Crippen LogP contribution in [0.4, 0.5) is 0 Å². The first-order chi connectivity index (χ1) is 8.11. The maximum Gasteiger partial charge on any atom is 0.180 e. The summed E-state index contributed by atoms with van der Waals surface area (Å²) in [6, 6.07) is 0. The minimum atomic E-state index is 0.518. The first-order valence-electron chi connectivity index (χ1n) is 5.26. The van der Waals surface area contributed by atoms with Crippen molar-refractivity contribution in [2.45, 2.75) is 26.7 Å². The van der Waals surface area contributed by atoms with Gasteiger partial charge in [-0.3, -0.25) is 0 Å². The van der Waals surface area contributed by atoms with Gasteiger partial charge in [0.1, 0.15) is 10.8 Å². The number of halogens is 2. The van der Waals surface area contributed by atoms with Gasteiger partial charge in [0, 0.05) is 5.38 Å². The van der Waals surface area contributed by atoms with Crippen LogP contribution in [0.5, 0.6) is 0 Å². The summed E-state index contributed by atoms with van der Waals surface area (Å²) in [6.07, 6.45) is 1.95. The van der Waals surface area contributed by atoms with E-state index in [9.17, 15) is 0 Å². The molecule has 0 saturated carbocycles. The van der Waals surface area contributed by atoms with Crippen LogP contribution in [0.2, 0.25) is 5.15 Å². The number of rotatable bonds is 3. The van der Waals surface area contributed by atoms with Crippen LogP contribution >= 0.6 is 45.5 Å². The summed E-state index contributed by atoms with van der Waals surface area (Å²) in [7, 11) is 0. The lowest BCUT2D eigenvalue weighted by molar-refractivity contribution is 0.866. The lowest BCUT2D eigenvalue weighted by Gasteiger charge is -2.05. The van der Waals surface area contributed by atoms with Crippen molar-refractivity contribution in [3.05, 3.63) is 24.8 Å². The standard InChI is InChI=1S/C11H11ClIN3S/c1-3-4-7-9(13)10(12)16-11(15-7)8-5-17-6(2)14-8/h5H,3-4H2,1-2H3. The maximum atomic E-state index is 6.13. The normalized spacial score (nSPS) is 10.8. The Morgan fingerprint density at radius 2 is 2.12 bits per heavy atom. The molecular weight excluding hydrogens is 369 g/mol. The fourth-order valence-electron chi connectivity index (χ4n) is 1.45. The average Bonchev–Trinajstić information content (AvgIpc) is 2.71. The van der Waals surface area contributed by atoms with Crippen LogP contribution in [-0.4, -0.2) is 15.0 Å². The molecule has 17 heavy (non-hydrogen) atoms. The van der Waals surface area contributed by atoms with Gasteiger partial charge in [-0.25, -0.2) is 15.0 Å². The highest BCUT2D eigenvalue weighted by Gasteiger charge is 2.13. The van der Waals surface area contributed by atoms with Gasteiger partial charge in [0.25, 0.3) is 0 Å². The minimum absolute atomic E-state index is 0.518. The van der Waals surface area contributed by atoms with E-state index < -0.39 is 0 Å². The molecule has 2 aromatic rings. The highest BCUT2D eigenvalue weighted by molar-refractivity contribution is 14.1. The second-order valence-electron chi connectivity index (χ2n) is 3.60. The molecule has 2 rings (SSSR count). The second-order valence-corrected chi connectivity index (χ2v) is 6.10. The average molecular weight is 380 g/mol. The number of thiazole rings is 1. The fourth-order valence-corrected chi connectivity index (χ4v) is 2.74. The van der Waals surface area contributed by atoms with Gasteiger partial charge in [0.05, 0.1) is 14.3 Å². The molecule has 0 N–H and O–H groups in total. The second kappa shape index (κ2) is 5.58. The molecule has 90 valence electrons. The van der Waals surface area contributed by atoms with E-state index in [1.54, 1.807) is 11.3 Å². The van der Waals surface area contributed by atoms with Gasteiger partial charge in [0.2, 0.25) is 0 Å². The summed E-state index contributed by atoms with van der Waals surface area (Å²) in [5.41, 5.74) is 1.82. The molecule has 0 aliphatic carbocycles. The van der Waals surface area contributed by atoms with Gasteiger partial charge >= 0.3 is 0 Å². The molecule has 0 amide bonds. The summed E-state index contributed by atoms with van der Waals surface area (Å²) in [4.78, 5) is 13.2. The molecule has 0 unspecified atom stereocenters. The van der Waals surface area contributed by atoms with E-state index in [0.717, 1.165) is 32.8 Å². The van der Waals surface area contributed by atoms with E-state index in [1.807, 2.05) is 12.3 Å². The van der Waals surface area contributed by atoms with Gasteiger partial charge in [-0.15, -0.1) is 11.3 Å². The van der Waals surface area contributed by atoms with E-state index >= 15 is 0 Å². The van der Waals surface area contributed by atoms with Crippen molar-refractivity contribution >= 4 is 45.5 Å². The molecule has 2 heterocycles. The Kier molecular flexibility index (Phi) is 4.32. The molecule has 0 aliphatic heterocycles. The Morgan fingerprint density at radius 3 is 2.71 bits per heavy atom. The van der Waals surface area contributed by atoms with Gasteiger partial charge in [-0.1, -0.05) is 24.9 Å². The van der Waals surface area contributed by atoms with Crippen molar-refractivity contribution in [2.75, 3.05) is 0 Å². The van der Waals surface area contributed by atoms with Crippen molar-refractivity contribution in [1.82, 2.24) is 15.0 Å². The number of aromatic nitrogens is 3.